The molecule has 4 amide bonds. The fourth-order valence-corrected chi connectivity index (χ4v) is 2.70. The van der Waals surface area contributed by atoms with Crippen molar-refractivity contribution in [2.45, 2.75) is 33.4 Å². The lowest BCUT2D eigenvalue weighted by Crippen LogP contribution is -2.30. The number of amides is 4. The molecule has 0 spiro atoms. The second kappa shape index (κ2) is 11.5. The smallest absolute Gasteiger partial charge is 0.322 e. The van der Waals surface area contributed by atoms with Crippen molar-refractivity contribution in [3.05, 3.63) is 65.5 Å². The Morgan fingerprint density at radius 2 is 1.93 bits per heavy atom. The third-order valence-corrected chi connectivity index (χ3v) is 4.15. The summed E-state index contributed by atoms with van der Waals surface area (Å²) in [5, 5.41) is 4.46. The average molecular weight is 417 g/mol. The number of allylic oxidation sites excluding steroid dienone is 3. The summed E-state index contributed by atoms with van der Waals surface area (Å²) in [4.78, 5) is 35.3. The Morgan fingerprint density at radius 1 is 1.27 bits per heavy atom. The number of hydrogen-bond acceptors (Lipinski definition) is 4. The van der Waals surface area contributed by atoms with Gasteiger partial charge in [-0.15, -0.1) is 0 Å². The van der Waals surface area contributed by atoms with Gasteiger partial charge in [0.05, 0.1) is 12.9 Å². The molecule has 30 heavy (non-hydrogen) atoms. The molecule has 0 saturated carbocycles. The molecule has 7 nitrogen and oxygen atoms in total. The van der Waals surface area contributed by atoms with E-state index in [9.17, 15) is 18.8 Å². The molecule has 1 saturated heterocycles. The number of urea groups is 1. The molecule has 1 atom stereocenters. The van der Waals surface area contributed by atoms with Crippen LogP contribution in [0.2, 0.25) is 0 Å². The van der Waals surface area contributed by atoms with E-state index in [1.54, 1.807) is 25.1 Å². The predicted molar refractivity (Wildman–Crippen MR) is 114 cm³/mol. The second-order valence-electron chi connectivity index (χ2n) is 6.20. The van der Waals surface area contributed by atoms with Gasteiger partial charge < -0.3 is 15.0 Å². The van der Waals surface area contributed by atoms with Gasteiger partial charge in [0.25, 0.3) is 11.8 Å². The van der Waals surface area contributed by atoms with Gasteiger partial charge in [-0.3, -0.25) is 14.9 Å². The van der Waals surface area contributed by atoms with E-state index in [2.05, 4.69) is 17.2 Å². The van der Waals surface area contributed by atoms with Crippen LogP contribution in [0.4, 0.5) is 9.18 Å². The number of fused-ring (bicyclic) bond motifs is 1. The van der Waals surface area contributed by atoms with Crippen LogP contribution in [0, 0.1) is 0 Å². The Hall–Kier alpha value is -3.42. The third kappa shape index (κ3) is 6.30. The van der Waals surface area contributed by atoms with E-state index >= 15 is 0 Å². The van der Waals surface area contributed by atoms with Gasteiger partial charge in [-0.2, -0.15) is 0 Å². The summed E-state index contributed by atoms with van der Waals surface area (Å²) in [5.41, 5.74) is 2.28. The number of rotatable bonds is 4. The van der Waals surface area contributed by atoms with Gasteiger partial charge in [0.2, 0.25) is 0 Å². The van der Waals surface area contributed by atoms with Crippen molar-refractivity contribution < 1.29 is 23.5 Å². The van der Waals surface area contributed by atoms with Crippen LogP contribution in [0.3, 0.4) is 0 Å². The van der Waals surface area contributed by atoms with Crippen LogP contribution >= 0.6 is 0 Å². The molecule has 1 aromatic carbocycles. The van der Waals surface area contributed by atoms with Gasteiger partial charge in [0, 0.05) is 19.2 Å². The van der Waals surface area contributed by atoms with Crippen molar-refractivity contribution in [2.75, 3.05) is 14.2 Å². The molecule has 2 aliphatic rings. The minimum Gasteiger partial charge on any atom is -0.497 e. The molecule has 1 aromatic rings. The topological polar surface area (TPSA) is 87.7 Å². The number of nitrogens with one attached hydrogen (secondary N) is 2. The monoisotopic (exact) mass is 417 g/mol. The number of nitrogens with zero attached hydrogens (tertiary/aromatic N) is 1. The van der Waals surface area contributed by atoms with Gasteiger partial charge in [0.15, 0.2) is 0 Å². The summed E-state index contributed by atoms with van der Waals surface area (Å²) in [7, 11) is 3.40. The van der Waals surface area contributed by atoms with Crippen molar-refractivity contribution in [1.29, 1.82) is 0 Å². The lowest BCUT2D eigenvalue weighted by molar-refractivity contribution is -0.119. The first-order chi connectivity index (χ1) is 14.3. The molecule has 2 aliphatic heterocycles. The maximum Gasteiger partial charge on any atom is 0.322 e. The minimum absolute atomic E-state index is 0.0777. The van der Waals surface area contributed by atoms with Crippen LogP contribution in [0.15, 0.2) is 54.4 Å². The highest BCUT2D eigenvalue weighted by molar-refractivity contribution is 6.06. The molecular formula is C22H28FN3O4. The van der Waals surface area contributed by atoms with Crippen LogP contribution in [0.25, 0.3) is 0 Å². The Kier molecular flexibility index (Phi) is 9.48. The Balaban J connectivity index is 0.000000279. The molecule has 0 aromatic heterocycles. The normalized spacial score (nSPS) is 17.7. The SMILES string of the molecule is C=C/C(=C\C=C(/C)F)C1NC(=O)NC1=O.CC.COc1ccc2c(c1)C(=O)N(C)C2. The number of imide groups is 1. The summed E-state index contributed by atoms with van der Waals surface area (Å²) < 4.78 is 17.5. The van der Waals surface area contributed by atoms with E-state index in [-0.39, 0.29) is 11.7 Å². The zero-order chi connectivity index (χ0) is 22.8. The quantitative estimate of drug-likeness (QED) is 0.580. The minimum atomic E-state index is -0.786. The molecule has 162 valence electrons. The highest BCUT2D eigenvalue weighted by atomic mass is 19.1. The molecular weight excluding hydrogens is 389 g/mol. The number of ether oxygens (including phenoxy) is 1. The van der Waals surface area contributed by atoms with Crippen molar-refractivity contribution in [1.82, 2.24) is 15.5 Å². The van der Waals surface area contributed by atoms with E-state index < -0.39 is 18.0 Å². The molecule has 1 unspecified atom stereocenters. The molecule has 3 rings (SSSR count). The molecule has 0 radical (unpaired) electrons. The van der Waals surface area contributed by atoms with Crippen LogP contribution in [-0.4, -0.2) is 42.9 Å². The zero-order valence-electron chi connectivity index (χ0n) is 17.9. The predicted octanol–water partition coefficient (Wildman–Crippen LogP) is 3.49. The number of carbonyl (C=O) groups is 3. The average Bonchev–Trinajstić information content (AvgIpc) is 3.21. The summed E-state index contributed by atoms with van der Waals surface area (Å²) >= 11 is 0. The summed E-state index contributed by atoms with van der Waals surface area (Å²) in [5.74, 6) is -0.0357. The van der Waals surface area contributed by atoms with Crippen molar-refractivity contribution in [2.24, 2.45) is 0 Å². The van der Waals surface area contributed by atoms with Gasteiger partial charge >= 0.3 is 6.03 Å². The highest BCUT2D eigenvalue weighted by Gasteiger charge is 2.31. The first kappa shape index (κ1) is 24.6. The maximum atomic E-state index is 12.5. The maximum absolute atomic E-state index is 12.5. The summed E-state index contributed by atoms with van der Waals surface area (Å²) in [6.07, 6.45) is 4.00. The Morgan fingerprint density at radius 3 is 2.43 bits per heavy atom. The first-order valence-electron chi connectivity index (χ1n) is 9.47. The summed E-state index contributed by atoms with van der Waals surface area (Å²) in [6, 6.07) is 4.27. The summed E-state index contributed by atoms with van der Waals surface area (Å²) in [6.45, 7) is 9.48. The van der Waals surface area contributed by atoms with Gasteiger partial charge in [-0.25, -0.2) is 9.18 Å². The lowest BCUT2D eigenvalue weighted by atomic mass is 10.1. The number of methoxy groups -OCH3 is 1. The number of benzene rings is 1. The standard InChI is InChI=1S/C10H11FN2O2.C10H11NO2.C2H6/c1-3-7(5-4-6(2)11)8-9(14)13-10(15)12-8;1-11-6-7-3-4-8(13-2)5-9(7)10(11)12;1-2/h3-5,8H,1H2,2H3,(H2,12,13,14,15);3-5H,6H2,1-2H3;1-2H3/b6-4+,7-5+;;. The van der Waals surface area contributed by atoms with E-state index in [0.717, 1.165) is 16.9 Å². The number of carbonyl (C=O) groups excluding carboxylic acids is 3. The first-order valence-corrected chi connectivity index (χ1v) is 9.47. The Labute approximate surface area is 176 Å². The number of halogens is 1. The molecule has 2 heterocycles. The third-order valence-electron chi connectivity index (χ3n) is 4.15. The van der Waals surface area contributed by atoms with Crippen LogP contribution in [0.5, 0.6) is 5.75 Å². The van der Waals surface area contributed by atoms with Gasteiger partial charge in [-0.05, 0) is 36.3 Å². The molecule has 2 N–H and O–H groups in total. The van der Waals surface area contributed by atoms with Crippen LogP contribution in [0.1, 0.15) is 36.7 Å². The number of hydrogen-bond donors (Lipinski definition) is 2. The zero-order valence-corrected chi connectivity index (χ0v) is 17.9. The molecule has 8 heteroatoms. The fraction of sp³-hybridized carbons (Fsp3) is 0.318. The second-order valence-corrected chi connectivity index (χ2v) is 6.20. The van der Waals surface area contributed by atoms with Gasteiger partial charge in [-0.1, -0.05) is 38.6 Å². The lowest BCUT2D eigenvalue weighted by Gasteiger charge is -2.06. The van der Waals surface area contributed by atoms with E-state index in [4.69, 9.17) is 4.74 Å². The van der Waals surface area contributed by atoms with E-state index in [0.29, 0.717) is 12.1 Å². The molecule has 0 bridgehead atoms. The van der Waals surface area contributed by atoms with Crippen LogP contribution in [-0.2, 0) is 11.3 Å². The molecule has 0 aliphatic carbocycles. The van der Waals surface area contributed by atoms with Crippen LogP contribution < -0.4 is 15.4 Å². The van der Waals surface area contributed by atoms with Gasteiger partial charge in [0.1, 0.15) is 11.8 Å². The molecule has 1 fully saturated rings. The van der Waals surface area contributed by atoms with Crippen molar-refractivity contribution in [3.8, 4) is 5.75 Å². The van der Waals surface area contributed by atoms with Crippen molar-refractivity contribution >= 4 is 17.8 Å². The van der Waals surface area contributed by atoms with Crippen molar-refractivity contribution in [3.63, 3.8) is 0 Å². The highest BCUT2D eigenvalue weighted by Crippen LogP contribution is 2.25. The largest absolute Gasteiger partial charge is 0.497 e. The van der Waals surface area contributed by atoms with E-state index in [1.165, 1.54) is 25.2 Å². The van der Waals surface area contributed by atoms with E-state index in [1.807, 2.05) is 26.0 Å². The Bertz CT molecular complexity index is 873. The fourth-order valence-electron chi connectivity index (χ4n) is 2.70.